The number of hydrogen-bond donors (Lipinski definition) is 1. The highest BCUT2D eigenvalue weighted by Crippen LogP contribution is 2.11. The number of nitrogens with one attached hydrogen (secondary N) is 1. The normalized spacial score (nSPS) is 12.9. The molecule has 0 fully saturated rings. The minimum Gasteiger partial charge on any atom is -0.317 e. The lowest BCUT2D eigenvalue weighted by atomic mass is 10.0. The van der Waals surface area contributed by atoms with Gasteiger partial charge in [0.25, 0.3) is 0 Å². The van der Waals surface area contributed by atoms with Gasteiger partial charge in [0.15, 0.2) is 0 Å². The number of thioether (sulfide) groups is 1. The quantitative estimate of drug-likeness (QED) is 0.615. The Morgan fingerprint density at radius 1 is 1.58 bits per heavy atom. The highest BCUT2D eigenvalue weighted by molar-refractivity contribution is 7.98. The monoisotopic (exact) mass is 187 g/mol. The molecule has 0 radical (unpaired) electrons. The second kappa shape index (κ2) is 7.69. The molecule has 0 aliphatic rings. The molecule has 0 bridgehead atoms. The van der Waals surface area contributed by atoms with E-state index in [2.05, 4.69) is 25.1 Å². The summed E-state index contributed by atoms with van der Waals surface area (Å²) in [5.41, 5.74) is 1.36. The van der Waals surface area contributed by atoms with E-state index in [0.29, 0.717) is 6.04 Å². The Morgan fingerprint density at radius 2 is 2.25 bits per heavy atom. The van der Waals surface area contributed by atoms with Crippen molar-refractivity contribution in [2.75, 3.05) is 19.1 Å². The fraction of sp³-hybridized carbons (Fsp3) is 0.800. The van der Waals surface area contributed by atoms with Gasteiger partial charge < -0.3 is 5.32 Å². The van der Waals surface area contributed by atoms with Crippen LogP contribution < -0.4 is 5.32 Å². The van der Waals surface area contributed by atoms with Gasteiger partial charge in [-0.25, -0.2) is 0 Å². The van der Waals surface area contributed by atoms with Crippen molar-refractivity contribution in [3.05, 3.63) is 12.2 Å². The molecule has 0 amide bonds. The minimum absolute atomic E-state index is 0.630. The molecule has 0 saturated heterocycles. The molecule has 0 aromatic rings. The molecule has 72 valence electrons. The van der Waals surface area contributed by atoms with Gasteiger partial charge in [-0.2, -0.15) is 11.8 Å². The zero-order chi connectivity index (χ0) is 9.40. The second-order valence-corrected chi connectivity index (χ2v) is 4.06. The molecule has 0 aliphatic carbocycles. The highest BCUT2D eigenvalue weighted by Gasteiger charge is 2.05. The van der Waals surface area contributed by atoms with Crippen LogP contribution in [0.4, 0.5) is 0 Å². The molecule has 0 aromatic heterocycles. The van der Waals surface area contributed by atoms with Crippen molar-refractivity contribution < 1.29 is 0 Å². The Kier molecular flexibility index (Phi) is 7.72. The molecular weight excluding hydrogens is 166 g/mol. The molecule has 1 atom stereocenters. The van der Waals surface area contributed by atoms with Gasteiger partial charge in [-0.1, -0.05) is 19.1 Å². The lowest BCUT2D eigenvalue weighted by molar-refractivity contribution is 0.540. The van der Waals surface area contributed by atoms with Gasteiger partial charge >= 0.3 is 0 Å². The van der Waals surface area contributed by atoms with E-state index < -0.39 is 0 Å². The maximum absolute atomic E-state index is 4.02. The molecule has 2 heteroatoms. The van der Waals surface area contributed by atoms with E-state index in [1.54, 1.807) is 0 Å². The van der Waals surface area contributed by atoms with Crippen LogP contribution in [0.3, 0.4) is 0 Å². The summed E-state index contributed by atoms with van der Waals surface area (Å²) < 4.78 is 0. The molecule has 1 unspecified atom stereocenters. The van der Waals surface area contributed by atoms with Crippen LogP contribution in [0.25, 0.3) is 0 Å². The predicted octanol–water partition coefficient (Wildman–Crippen LogP) is 2.68. The first-order chi connectivity index (χ1) is 5.74. The van der Waals surface area contributed by atoms with Crippen LogP contribution >= 0.6 is 11.8 Å². The third kappa shape index (κ3) is 5.67. The van der Waals surface area contributed by atoms with Gasteiger partial charge in [0.2, 0.25) is 0 Å². The van der Waals surface area contributed by atoms with Gasteiger partial charge in [-0.15, -0.1) is 0 Å². The zero-order valence-electron chi connectivity index (χ0n) is 8.52. The van der Waals surface area contributed by atoms with Crippen LogP contribution in [0, 0.1) is 0 Å². The fourth-order valence-corrected chi connectivity index (χ4v) is 1.62. The van der Waals surface area contributed by atoms with E-state index in [1.165, 1.54) is 17.7 Å². The Morgan fingerprint density at radius 3 is 2.67 bits per heavy atom. The van der Waals surface area contributed by atoms with Gasteiger partial charge in [0, 0.05) is 6.04 Å². The van der Waals surface area contributed by atoms with E-state index >= 15 is 0 Å². The topological polar surface area (TPSA) is 12.0 Å². The van der Waals surface area contributed by atoms with Crippen molar-refractivity contribution in [3.8, 4) is 0 Å². The van der Waals surface area contributed by atoms with Crippen molar-refractivity contribution in [3.63, 3.8) is 0 Å². The lowest BCUT2D eigenvalue weighted by Crippen LogP contribution is -2.26. The molecule has 12 heavy (non-hydrogen) atoms. The summed E-state index contributed by atoms with van der Waals surface area (Å²) in [5, 5.41) is 3.33. The summed E-state index contributed by atoms with van der Waals surface area (Å²) in [6.45, 7) is 6.19. The molecule has 0 saturated carbocycles. The first-order valence-corrected chi connectivity index (χ1v) is 5.96. The van der Waals surface area contributed by atoms with Gasteiger partial charge in [0.1, 0.15) is 0 Å². The zero-order valence-corrected chi connectivity index (χ0v) is 9.34. The van der Waals surface area contributed by atoms with Crippen LogP contribution in [0.1, 0.15) is 26.2 Å². The fourth-order valence-electron chi connectivity index (χ4n) is 1.10. The molecular formula is C10H21NS. The minimum atomic E-state index is 0.630. The van der Waals surface area contributed by atoms with Crippen molar-refractivity contribution in [1.29, 1.82) is 0 Å². The van der Waals surface area contributed by atoms with E-state index in [0.717, 1.165) is 12.8 Å². The summed E-state index contributed by atoms with van der Waals surface area (Å²) in [5.74, 6) is 1.24. The molecule has 0 aliphatic heterocycles. The Bertz CT molecular complexity index is 123. The average molecular weight is 187 g/mol. The van der Waals surface area contributed by atoms with Crippen molar-refractivity contribution in [1.82, 2.24) is 5.32 Å². The molecule has 1 nitrogen and oxygen atoms in total. The summed E-state index contributed by atoms with van der Waals surface area (Å²) in [6, 6.07) is 0.630. The van der Waals surface area contributed by atoms with E-state index in [4.69, 9.17) is 0 Å². The third-order valence-corrected chi connectivity index (χ3v) is 2.76. The van der Waals surface area contributed by atoms with E-state index in [-0.39, 0.29) is 0 Å². The largest absolute Gasteiger partial charge is 0.317 e. The highest BCUT2D eigenvalue weighted by atomic mass is 32.2. The second-order valence-electron chi connectivity index (χ2n) is 3.07. The van der Waals surface area contributed by atoms with E-state index in [1.807, 2.05) is 18.8 Å². The number of rotatable bonds is 7. The molecule has 0 spiro atoms. The summed E-state index contributed by atoms with van der Waals surface area (Å²) in [4.78, 5) is 0. The first kappa shape index (κ1) is 12.0. The first-order valence-electron chi connectivity index (χ1n) is 4.57. The summed E-state index contributed by atoms with van der Waals surface area (Å²) >= 11 is 1.91. The SMILES string of the molecule is C=C(CC)CC(CCSC)NC. The lowest BCUT2D eigenvalue weighted by Gasteiger charge is -2.16. The van der Waals surface area contributed by atoms with Crippen molar-refractivity contribution in [2.45, 2.75) is 32.2 Å². The van der Waals surface area contributed by atoms with Gasteiger partial charge in [-0.05, 0) is 38.3 Å². The molecule has 1 N–H and O–H groups in total. The van der Waals surface area contributed by atoms with Crippen LogP contribution in [0.2, 0.25) is 0 Å². The van der Waals surface area contributed by atoms with Gasteiger partial charge in [0.05, 0.1) is 0 Å². The third-order valence-electron chi connectivity index (χ3n) is 2.11. The molecule has 0 heterocycles. The maximum atomic E-state index is 4.02. The smallest absolute Gasteiger partial charge is 0.0109 e. The van der Waals surface area contributed by atoms with Crippen LogP contribution in [0.15, 0.2) is 12.2 Å². The van der Waals surface area contributed by atoms with Crippen LogP contribution in [0.5, 0.6) is 0 Å². The van der Waals surface area contributed by atoms with Gasteiger partial charge in [-0.3, -0.25) is 0 Å². The van der Waals surface area contributed by atoms with E-state index in [9.17, 15) is 0 Å². The van der Waals surface area contributed by atoms with Crippen LogP contribution in [-0.2, 0) is 0 Å². The molecule has 0 aromatic carbocycles. The summed E-state index contributed by atoms with van der Waals surface area (Å²) in [6.07, 6.45) is 5.64. The van der Waals surface area contributed by atoms with Crippen molar-refractivity contribution >= 4 is 11.8 Å². The number of hydrogen-bond acceptors (Lipinski definition) is 2. The standard InChI is InChI=1S/C10H21NS/c1-5-9(2)8-10(11-3)6-7-12-4/h10-11H,2,5-8H2,1,3-4H3. The maximum Gasteiger partial charge on any atom is 0.0109 e. The van der Waals surface area contributed by atoms with Crippen LogP contribution in [-0.4, -0.2) is 25.1 Å². The Labute approximate surface area is 81.0 Å². The average Bonchev–Trinajstić information content (AvgIpc) is 2.11. The predicted molar refractivity (Wildman–Crippen MR) is 59.9 cm³/mol. The molecule has 0 rings (SSSR count). The van der Waals surface area contributed by atoms with Crippen molar-refractivity contribution in [2.24, 2.45) is 0 Å². The Hall–Kier alpha value is 0.0500. The Balaban J connectivity index is 3.59. The summed E-state index contributed by atoms with van der Waals surface area (Å²) in [7, 11) is 2.04.